The molecule has 0 aromatic carbocycles. The number of halogens is 1. The molecule has 0 fully saturated rings. The molecule has 0 heterocycles. The molecular formula is C3H11IN3+. The fourth-order valence-electron chi connectivity index (χ4n) is 0.211. The molecule has 0 amide bonds. The Labute approximate surface area is 54.1 Å². The zero-order valence-electron chi connectivity index (χ0n) is 4.32. The van der Waals surface area contributed by atoms with E-state index in [2.05, 4.69) is 12.3 Å². The van der Waals surface area contributed by atoms with Crippen LogP contribution >= 0.6 is 0 Å². The van der Waals surface area contributed by atoms with E-state index in [1.165, 1.54) is 4.43 Å². The molecule has 0 aromatic heterocycles. The second-order valence-corrected chi connectivity index (χ2v) is 4.74. The lowest BCUT2D eigenvalue weighted by atomic mass is 11.0. The Hall–Kier alpha value is 0.610. The highest BCUT2D eigenvalue weighted by Crippen LogP contribution is 1.27. The third kappa shape index (κ3) is 4.46. The predicted molar refractivity (Wildman–Crippen MR) is 25.8 cm³/mol. The average Bonchev–Trinajstić information content (AvgIpc) is 1.68. The maximum atomic E-state index is 5.40. The quantitative estimate of drug-likeness (QED) is 0.112. The SMILES string of the molecule is CC[I+]C(N)NN. The summed E-state index contributed by atoms with van der Waals surface area (Å²) >= 11 is 0.107. The molecule has 3 nitrogen and oxygen atoms in total. The molecular weight excluding hydrogens is 205 g/mol. The van der Waals surface area contributed by atoms with E-state index < -0.39 is 0 Å². The van der Waals surface area contributed by atoms with Crippen molar-refractivity contribution >= 4 is 0 Å². The van der Waals surface area contributed by atoms with Crippen LogP contribution in [0.25, 0.3) is 0 Å². The van der Waals surface area contributed by atoms with Crippen LogP contribution in [0.15, 0.2) is 0 Å². The molecule has 44 valence electrons. The van der Waals surface area contributed by atoms with Crippen molar-refractivity contribution in [2.24, 2.45) is 11.6 Å². The topological polar surface area (TPSA) is 64.1 Å². The average molecular weight is 216 g/mol. The summed E-state index contributed by atoms with van der Waals surface area (Å²) in [5.74, 6) is 5.01. The van der Waals surface area contributed by atoms with E-state index in [0.717, 1.165) is 0 Å². The van der Waals surface area contributed by atoms with E-state index in [-0.39, 0.29) is 25.4 Å². The van der Waals surface area contributed by atoms with Crippen LogP contribution in [-0.2, 0) is 0 Å². The van der Waals surface area contributed by atoms with Crippen LogP contribution in [0.5, 0.6) is 0 Å². The minimum atomic E-state index is 0.0869. The van der Waals surface area contributed by atoms with Gasteiger partial charge in [0.2, 0.25) is 0 Å². The van der Waals surface area contributed by atoms with Gasteiger partial charge in [-0.3, -0.25) is 11.6 Å². The standard InChI is InChI=1S/C3H11IN3/c1-2-4-3(5)7-6/h3,7H,2,5-6H2,1H3/q+1. The molecule has 0 aromatic rings. The molecule has 0 aliphatic heterocycles. The highest BCUT2D eigenvalue weighted by Gasteiger charge is 2.11. The Bertz CT molecular complexity index is 41.2. The van der Waals surface area contributed by atoms with Crippen molar-refractivity contribution < 1.29 is 21.2 Å². The first kappa shape index (κ1) is 7.61. The number of rotatable bonds is 3. The summed E-state index contributed by atoms with van der Waals surface area (Å²) < 4.78 is 1.27. The van der Waals surface area contributed by atoms with Crippen LogP contribution in [-0.4, -0.2) is 8.60 Å². The smallest absolute Gasteiger partial charge is 0.274 e. The number of hydrazine groups is 1. The summed E-state index contributed by atoms with van der Waals surface area (Å²) in [6.07, 6.45) is 0. The third-order valence-corrected chi connectivity index (χ3v) is 2.67. The Morgan fingerprint density at radius 3 is 2.57 bits per heavy atom. The van der Waals surface area contributed by atoms with Crippen molar-refractivity contribution in [1.29, 1.82) is 0 Å². The highest BCUT2D eigenvalue weighted by atomic mass is 127. The van der Waals surface area contributed by atoms with Crippen molar-refractivity contribution in [3.8, 4) is 0 Å². The van der Waals surface area contributed by atoms with Gasteiger partial charge in [0.25, 0.3) is 4.17 Å². The van der Waals surface area contributed by atoms with Gasteiger partial charge in [-0.1, -0.05) is 0 Å². The molecule has 7 heavy (non-hydrogen) atoms. The molecule has 1 atom stereocenters. The minimum Gasteiger partial charge on any atom is -0.274 e. The Morgan fingerprint density at radius 2 is 2.43 bits per heavy atom. The molecule has 1 unspecified atom stereocenters. The summed E-state index contributed by atoms with van der Waals surface area (Å²) in [7, 11) is 0. The Morgan fingerprint density at radius 1 is 1.86 bits per heavy atom. The van der Waals surface area contributed by atoms with E-state index in [9.17, 15) is 0 Å². The van der Waals surface area contributed by atoms with Crippen molar-refractivity contribution in [3.63, 3.8) is 0 Å². The maximum Gasteiger partial charge on any atom is 0.308 e. The van der Waals surface area contributed by atoms with Crippen LogP contribution in [0, 0.1) is 0 Å². The first-order chi connectivity index (χ1) is 3.31. The molecule has 0 aliphatic carbocycles. The molecule has 0 rings (SSSR count). The van der Waals surface area contributed by atoms with Crippen molar-refractivity contribution in [2.75, 3.05) is 4.43 Å². The lowest BCUT2D eigenvalue weighted by Crippen LogP contribution is -3.68. The lowest BCUT2D eigenvalue weighted by Gasteiger charge is -1.90. The van der Waals surface area contributed by atoms with Crippen LogP contribution in [0.2, 0.25) is 0 Å². The normalized spacial score (nSPS) is 14.1. The van der Waals surface area contributed by atoms with Gasteiger partial charge in [0.05, 0.1) is 0 Å². The fraction of sp³-hybridized carbons (Fsp3) is 1.00. The molecule has 0 spiro atoms. The molecule has 0 saturated carbocycles. The molecule has 0 bridgehead atoms. The summed E-state index contributed by atoms with van der Waals surface area (Å²) in [5, 5.41) is 0. The lowest BCUT2D eigenvalue weighted by molar-refractivity contribution is -0.691. The predicted octanol–water partition coefficient (Wildman–Crippen LogP) is -4.20. The molecule has 0 aliphatic rings. The van der Waals surface area contributed by atoms with Crippen LogP contribution in [0.1, 0.15) is 6.92 Å². The Kier molecular flexibility index (Phi) is 5.18. The molecule has 5 N–H and O–H groups in total. The van der Waals surface area contributed by atoms with Gasteiger partial charge in [0, 0.05) is 0 Å². The van der Waals surface area contributed by atoms with Crippen LogP contribution < -0.4 is 38.2 Å². The van der Waals surface area contributed by atoms with E-state index in [1.54, 1.807) is 0 Å². The highest BCUT2D eigenvalue weighted by molar-refractivity contribution is 4.22. The van der Waals surface area contributed by atoms with Crippen molar-refractivity contribution in [1.82, 2.24) is 5.43 Å². The maximum absolute atomic E-state index is 5.40. The van der Waals surface area contributed by atoms with Gasteiger partial charge in [-0.15, -0.1) is 0 Å². The monoisotopic (exact) mass is 216 g/mol. The molecule has 0 saturated heterocycles. The van der Waals surface area contributed by atoms with Gasteiger partial charge in [0.1, 0.15) is 4.43 Å². The van der Waals surface area contributed by atoms with Crippen molar-refractivity contribution in [2.45, 2.75) is 11.1 Å². The van der Waals surface area contributed by atoms with Gasteiger partial charge < -0.3 is 0 Å². The largest absolute Gasteiger partial charge is 0.308 e. The fourth-order valence-corrected chi connectivity index (χ4v) is 1.41. The van der Waals surface area contributed by atoms with Gasteiger partial charge >= 0.3 is 21.2 Å². The summed E-state index contributed by atoms with van der Waals surface area (Å²) in [6.45, 7) is 2.12. The zero-order chi connectivity index (χ0) is 5.70. The third-order valence-electron chi connectivity index (χ3n) is 0.480. The summed E-state index contributed by atoms with van der Waals surface area (Å²) in [5.41, 5.74) is 7.89. The van der Waals surface area contributed by atoms with E-state index in [4.69, 9.17) is 11.6 Å². The minimum absolute atomic E-state index is 0.0869. The Balaban J connectivity index is 2.83. The second kappa shape index (κ2) is 4.76. The number of alkyl halides is 2. The van der Waals surface area contributed by atoms with Gasteiger partial charge in [-0.05, 0) is 6.92 Å². The van der Waals surface area contributed by atoms with Gasteiger partial charge in [-0.25, -0.2) is 5.43 Å². The van der Waals surface area contributed by atoms with Crippen molar-refractivity contribution in [3.05, 3.63) is 0 Å². The number of hydrogen-bond acceptors (Lipinski definition) is 3. The van der Waals surface area contributed by atoms with E-state index in [0.29, 0.717) is 0 Å². The van der Waals surface area contributed by atoms with Crippen LogP contribution in [0.3, 0.4) is 0 Å². The number of hydrogen-bond donors (Lipinski definition) is 3. The van der Waals surface area contributed by atoms with E-state index >= 15 is 0 Å². The van der Waals surface area contributed by atoms with Crippen LogP contribution in [0.4, 0.5) is 0 Å². The zero-order valence-corrected chi connectivity index (χ0v) is 6.47. The first-order valence-corrected chi connectivity index (χ1v) is 4.87. The van der Waals surface area contributed by atoms with Gasteiger partial charge in [0.15, 0.2) is 0 Å². The van der Waals surface area contributed by atoms with E-state index in [1.807, 2.05) is 0 Å². The summed E-state index contributed by atoms with van der Waals surface area (Å²) in [6, 6.07) is 0. The summed E-state index contributed by atoms with van der Waals surface area (Å²) in [4.78, 5) is 0. The second-order valence-electron chi connectivity index (χ2n) is 0.990. The molecule has 4 heteroatoms. The number of nitrogens with two attached hydrogens (primary N) is 2. The molecule has 0 radical (unpaired) electrons. The number of nitrogens with one attached hydrogen (secondary N) is 1. The first-order valence-electron chi connectivity index (χ1n) is 2.10. The van der Waals surface area contributed by atoms with Gasteiger partial charge in [-0.2, -0.15) is 0 Å².